The monoisotopic (exact) mass is 295 g/mol. The van der Waals surface area contributed by atoms with Crippen LogP contribution in [0.5, 0.6) is 0 Å². The number of hydrogen-bond donors (Lipinski definition) is 1. The molecule has 20 heavy (non-hydrogen) atoms. The molecule has 1 atom stereocenters. The lowest BCUT2D eigenvalue weighted by atomic mass is 10.0. The summed E-state index contributed by atoms with van der Waals surface area (Å²) in [6.45, 7) is 5.03. The zero-order chi connectivity index (χ0) is 14.5. The van der Waals surface area contributed by atoms with E-state index >= 15 is 0 Å². The van der Waals surface area contributed by atoms with E-state index in [-0.39, 0.29) is 6.04 Å². The average molecular weight is 295 g/mol. The van der Waals surface area contributed by atoms with Gasteiger partial charge in [0.25, 0.3) is 0 Å². The second-order valence-electron chi connectivity index (χ2n) is 4.72. The van der Waals surface area contributed by atoms with Gasteiger partial charge < -0.3 is 5.32 Å². The molecule has 2 aromatic rings. The van der Waals surface area contributed by atoms with Crippen LogP contribution in [0.15, 0.2) is 29.6 Å². The summed E-state index contributed by atoms with van der Waals surface area (Å²) in [6.07, 6.45) is 1.93. The van der Waals surface area contributed by atoms with Crippen LogP contribution in [-0.2, 0) is 6.42 Å². The first-order valence-electron chi connectivity index (χ1n) is 6.92. The first kappa shape index (κ1) is 15.1. The lowest BCUT2D eigenvalue weighted by molar-refractivity contribution is 0.503. The minimum absolute atomic E-state index is 0.0694. The summed E-state index contributed by atoms with van der Waals surface area (Å²) in [7, 11) is 0. The van der Waals surface area contributed by atoms with Crippen LogP contribution >= 0.6 is 11.3 Å². The number of aryl methyl sites for hydroxylation is 1. The molecule has 108 valence electrons. The molecule has 1 unspecified atom stereocenters. The number of nitrogens with one attached hydrogen (secondary N) is 1. The van der Waals surface area contributed by atoms with Gasteiger partial charge >= 0.3 is 0 Å². The molecule has 0 fully saturated rings. The summed E-state index contributed by atoms with van der Waals surface area (Å²) in [5.74, 6) is -1.59. The Hall–Kier alpha value is -1.26. The van der Waals surface area contributed by atoms with Gasteiger partial charge in [-0.1, -0.05) is 19.9 Å². The van der Waals surface area contributed by atoms with Gasteiger partial charge in [-0.25, -0.2) is 8.78 Å². The molecule has 0 radical (unpaired) electrons. The van der Waals surface area contributed by atoms with Crippen LogP contribution < -0.4 is 5.32 Å². The first-order chi connectivity index (χ1) is 9.67. The third-order valence-corrected chi connectivity index (χ3v) is 4.32. The van der Waals surface area contributed by atoms with Crippen molar-refractivity contribution in [2.75, 3.05) is 6.54 Å². The van der Waals surface area contributed by atoms with Crippen molar-refractivity contribution in [1.82, 2.24) is 5.32 Å². The average Bonchev–Trinajstić information content (AvgIpc) is 2.91. The Morgan fingerprint density at radius 2 is 1.95 bits per heavy atom. The van der Waals surface area contributed by atoms with E-state index in [2.05, 4.69) is 30.6 Å². The SMILES string of the molecule is CCCNC(c1ccc(F)c(F)c1)c1sccc1CC. The highest BCUT2D eigenvalue weighted by Crippen LogP contribution is 2.31. The Kier molecular flexibility index (Phi) is 5.26. The third-order valence-electron chi connectivity index (χ3n) is 3.30. The molecule has 0 saturated carbocycles. The van der Waals surface area contributed by atoms with E-state index in [9.17, 15) is 8.78 Å². The molecular formula is C16H19F2NS. The Bertz CT molecular complexity index is 565. The minimum Gasteiger partial charge on any atom is -0.306 e. The Morgan fingerprint density at radius 3 is 2.60 bits per heavy atom. The Morgan fingerprint density at radius 1 is 1.15 bits per heavy atom. The molecule has 0 saturated heterocycles. The fourth-order valence-corrected chi connectivity index (χ4v) is 3.33. The lowest BCUT2D eigenvalue weighted by Gasteiger charge is -2.19. The molecule has 2 rings (SSSR count). The van der Waals surface area contributed by atoms with Crippen molar-refractivity contribution in [2.24, 2.45) is 0 Å². The van der Waals surface area contributed by atoms with Gasteiger partial charge in [-0.15, -0.1) is 11.3 Å². The van der Waals surface area contributed by atoms with Crippen molar-refractivity contribution < 1.29 is 8.78 Å². The zero-order valence-electron chi connectivity index (χ0n) is 11.7. The van der Waals surface area contributed by atoms with Crippen LogP contribution in [-0.4, -0.2) is 6.54 Å². The van der Waals surface area contributed by atoms with E-state index in [4.69, 9.17) is 0 Å². The van der Waals surface area contributed by atoms with Crippen molar-refractivity contribution in [3.05, 3.63) is 57.3 Å². The molecule has 4 heteroatoms. The standard InChI is InChI=1S/C16H19F2NS/c1-3-8-19-15(16-11(4-2)7-9-20-16)12-5-6-13(17)14(18)10-12/h5-7,9-10,15,19H,3-4,8H2,1-2H3. The fourth-order valence-electron chi connectivity index (χ4n) is 2.24. The molecule has 1 N–H and O–H groups in total. The van der Waals surface area contributed by atoms with Crippen molar-refractivity contribution in [2.45, 2.75) is 32.7 Å². The molecular weight excluding hydrogens is 276 g/mol. The fraction of sp³-hybridized carbons (Fsp3) is 0.375. The summed E-state index contributed by atoms with van der Waals surface area (Å²) in [6, 6.07) is 6.18. The molecule has 0 spiro atoms. The highest BCUT2D eigenvalue weighted by atomic mass is 32.1. The van der Waals surface area contributed by atoms with Crippen LogP contribution in [0.4, 0.5) is 8.78 Å². The van der Waals surface area contributed by atoms with Gasteiger partial charge in [0.05, 0.1) is 6.04 Å². The van der Waals surface area contributed by atoms with Gasteiger partial charge in [0, 0.05) is 4.88 Å². The highest BCUT2D eigenvalue weighted by molar-refractivity contribution is 7.10. The second-order valence-corrected chi connectivity index (χ2v) is 5.67. The van der Waals surface area contributed by atoms with Crippen LogP contribution in [0.25, 0.3) is 0 Å². The number of hydrogen-bond acceptors (Lipinski definition) is 2. The third kappa shape index (κ3) is 3.25. The van der Waals surface area contributed by atoms with Crippen LogP contribution in [0.2, 0.25) is 0 Å². The topological polar surface area (TPSA) is 12.0 Å². The van der Waals surface area contributed by atoms with E-state index in [0.717, 1.165) is 24.9 Å². The number of halogens is 2. The van der Waals surface area contributed by atoms with Crippen molar-refractivity contribution in [3.63, 3.8) is 0 Å². The van der Waals surface area contributed by atoms with Crippen LogP contribution in [0.1, 0.15) is 42.3 Å². The Labute approximate surface area is 122 Å². The predicted molar refractivity (Wildman–Crippen MR) is 80.2 cm³/mol. The van der Waals surface area contributed by atoms with E-state index < -0.39 is 11.6 Å². The van der Waals surface area contributed by atoms with Gasteiger partial charge in [-0.2, -0.15) is 0 Å². The van der Waals surface area contributed by atoms with Gasteiger partial charge in [-0.05, 0) is 54.1 Å². The van der Waals surface area contributed by atoms with Gasteiger partial charge in [-0.3, -0.25) is 0 Å². The zero-order valence-corrected chi connectivity index (χ0v) is 12.6. The van der Waals surface area contributed by atoms with E-state index in [1.165, 1.54) is 22.6 Å². The smallest absolute Gasteiger partial charge is 0.159 e. The maximum atomic E-state index is 13.5. The molecule has 1 aromatic carbocycles. The first-order valence-corrected chi connectivity index (χ1v) is 7.79. The number of benzene rings is 1. The van der Waals surface area contributed by atoms with Gasteiger partial charge in [0.15, 0.2) is 11.6 Å². The van der Waals surface area contributed by atoms with E-state index in [1.54, 1.807) is 17.4 Å². The number of thiophene rings is 1. The molecule has 1 nitrogen and oxygen atoms in total. The van der Waals surface area contributed by atoms with E-state index in [1.807, 2.05) is 0 Å². The maximum absolute atomic E-state index is 13.5. The summed E-state index contributed by atoms with van der Waals surface area (Å²) < 4.78 is 26.6. The molecule has 1 aromatic heterocycles. The van der Waals surface area contributed by atoms with Gasteiger partial charge in [0.2, 0.25) is 0 Å². The van der Waals surface area contributed by atoms with Crippen molar-refractivity contribution >= 4 is 11.3 Å². The molecule has 0 bridgehead atoms. The molecule has 0 aliphatic heterocycles. The largest absolute Gasteiger partial charge is 0.306 e. The highest BCUT2D eigenvalue weighted by Gasteiger charge is 2.19. The number of rotatable bonds is 6. The Balaban J connectivity index is 2.38. The predicted octanol–water partition coefficient (Wildman–Crippen LogP) is 4.68. The summed E-state index contributed by atoms with van der Waals surface area (Å²) in [5.41, 5.74) is 2.03. The summed E-state index contributed by atoms with van der Waals surface area (Å²) in [4.78, 5) is 1.19. The minimum atomic E-state index is -0.801. The molecule has 0 amide bonds. The van der Waals surface area contributed by atoms with Crippen LogP contribution in [0.3, 0.4) is 0 Å². The van der Waals surface area contributed by atoms with Crippen LogP contribution in [0, 0.1) is 11.6 Å². The summed E-state index contributed by atoms with van der Waals surface area (Å²) >= 11 is 1.66. The van der Waals surface area contributed by atoms with Gasteiger partial charge in [0.1, 0.15) is 0 Å². The van der Waals surface area contributed by atoms with Crippen molar-refractivity contribution in [3.8, 4) is 0 Å². The second kappa shape index (κ2) is 6.95. The quantitative estimate of drug-likeness (QED) is 0.816. The summed E-state index contributed by atoms with van der Waals surface area (Å²) in [5, 5.41) is 5.48. The molecule has 1 heterocycles. The molecule has 0 aliphatic carbocycles. The maximum Gasteiger partial charge on any atom is 0.159 e. The molecule has 0 aliphatic rings. The normalized spacial score (nSPS) is 12.6. The van der Waals surface area contributed by atoms with Crippen molar-refractivity contribution in [1.29, 1.82) is 0 Å². The van der Waals surface area contributed by atoms with E-state index in [0.29, 0.717) is 0 Å². The lowest BCUT2D eigenvalue weighted by Crippen LogP contribution is -2.23.